The molecule has 7 fully saturated rings. The second kappa shape index (κ2) is 1.45. The van der Waals surface area contributed by atoms with Crippen LogP contribution in [-0.2, 0) is 9.47 Å². The standard InChI is InChI=1S/C12H15NO2/c1-10-4-7-5(10)9-6(10)8(4)11(7,13)12(9)14-2-3-15-12/h4-9H,2-3,13H2,1H3. The molecule has 0 aromatic rings. The first-order valence-corrected chi connectivity index (χ1v) is 6.26. The number of rotatable bonds is 0. The minimum absolute atomic E-state index is 0.0775. The highest BCUT2D eigenvalue weighted by molar-refractivity contribution is 5.54. The lowest BCUT2D eigenvalue weighted by Crippen LogP contribution is -2.94. The van der Waals surface area contributed by atoms with Gasteiger partial charge >= 0.3 is 0 Å². The summed E-state index contributed by atoms with van der Waals surface area (Å²) >= 11 is 0. The summed E-state index contributed by atoms with van der Waals surface area (Å²) in [7, 11) is 0. The summed E-state index contributed by atoms with van der Waals surface area (Å²) in [5, 5.41) is 0. The zero-order chi connectivity index (χ0) is 9.79. The number of nitrogens with two attached hydrogens (primary N) is 1. The van der Waals surface area contributed by atoms with E-state index in [9.17, 15) is 0 Å². The molecule has 4 unspecified atom stereocenters. The van der Waals surface area contributed by atoms with Gasteiger partial charge < -0.3 is 15.2 Å². The van der Waals surface area contributed by atoms with E-state index in [1.807, 2.05) is 0 Å². The monoisotopic (exact) mass is 205 g/mol. The van der Waals surface area contributed by atoms with Crippen molar-refractivity contribution >= 4 is 0 Å². The molecule has 15 heavy (non-hydrogen) atoms. The van der Waals surface area contributed by atoms with E-state index in [0.717, 1.165) is 42.8 Å². The Morgan fingerprint density at radius 3 is 2.00 bits per heavy atom. The summed E-state index contributed by atoms with van der Waals surface area (Å²) in [6.45, 7) is 4.00. The van der Waals surface area contributed by atoms with Crippen LogP contribution in [0.1, 0.15) is 6.92 Å². The Bertz CT molecular complexity index is 407. The lowest BCUT2D eigenvalue weighted by Gasteiger charge is -2.91. The highest BCUT2D eigenvalue weighted by Crippen LogP contribution is 3.02. The van der Waals surface area contributed by atoms with Crippen molar-refractivity contribution in [2.24, 2.45) is 46.7 Å². The Balaban J connectivity index is 1.65. The van der Waals surface area contributed by atoms with Crippen molar-refractivity contribution in [1.82, 2.24) is 0 Å². The summed E-state index contributed by atoms with van der Waals surface area (Å²) in [5.41, 5.74) is 7.27. The maximum atomic E-state index is 6.68. The third-order valence-corrected chi connectivity index (χ3v) is 7.34. The van der Waals surface area contributed by atoms with E-state index in [1.165, 1.54) is 0 Å². The van der Waals surface area contributed by atoms with Gasteiger partial charge in [0.25, 0.3) is 0 Å². The Morgan fingerprint density at radius 1 is 0.933 bits per heavy atom. The van der Waals surface area contributed by atoms with Crippen molar-refractivity contribution in [3.05, 3.63) is 0 Å². The Kier molecular flexibility index (Phi) is 0.700. The molecule has 4 atom stereocenters. The molecule has 0 aromatic heterocycles. The van der Waals surface area contributed by atoms with Gasteiger partial charge in [-0.05, 0) is 35.0 Å². The van der Waals surface area contributed by atoms with Gasteiger partial charge in [-0.2, -0.15) is 0 Å². The molecule has 1 spiro atoms. The van der Waals surface area contributed by atoms with Crippen LogP contribution >= 0.6 is 0 Å². The highest BCUT2D eigenvalue weighted by Gasteiger charge is 3.07. The van der Waals surface area contributed by atoms with Gasteiger partial charge in [-0.3, -0.25) is 0 Å². The summed E-state index contributed by atoms with van der Waals surface area (Å²) < 4.78 is 12.0. The van der Waals surface area contributed by atoms with Crippen LogP contribution in [0.15, 0.2) is 0 Å². The van der Waals surface area contributed by atoms with Gasteiger partial charge in [0.15, 0.2) is 5.79 Å². The first-order valence-electron chi connectivity index (χ1n) is 6.26. The van der Waals surface area contributed by atoms with Crippen molar-refractivity contribution < 1.29 is 9.47 Å². The first-order chi connectivity index (χ1) is 7.19. The van der Waals surface area contributed by atoms with E-state index >= 15 is 0 Å². The fraction of sp³-hybridized carbons (Fsp3) is 1.00. The fourth-order valence-corrected chi connectivity index (χ4v) is 7.36. The van der Waals surface area contributed by atoms with E-state index < -0.39 is 0 Å². The SMILES string of the molecule is CC12C3C4C1C1C2C3C1(N)C41OCCO1. The molecule has 2 bridgehead atoms. The van der Waals surface area contributed by atoms with E-state index in [-0.39, 0.29) is 11.3 Å². The second-order valence-electron chi connectivity index (χ2n) is 6.82. The second-order valence-corrected chi connectivity index (χ2v) is 6.82. The van der Waals surface area contributed by atoms with E-state index in [0.29, 0.717) is 11.3 Å². The molecule has 2 N–H and O–H groups in total. The Labute approximate surface area is 88.3 Å². The van der Waals surface area contributed by atoms with Crippen LogP contribution in [0.25, 0.3) is 0 Å². The van der Waals surface area contributed by atoms with Crippen molar-refractivity contribution in [2.45, 2.75) is 18.2 Å². The van der Waals surface area contributed by atoms with Crippen LogP contribution in [0.5, 0.6) is 0 Å². The topological polar surface area (TPSA) is 44.5 Å². The van der Waals surface area contributed by atoms with E-state index in [2.05, 4.69) is 6.92 Å². The normalized spacial score (nSPS) is 82.0. The molecular weight excluding hydrogens is 190 g/mol. The maximum absolute atomic E-state index is 6.68. The number of ether oxygens (including phenoxy) is 2. The molecule has 7 rings (SSSR count). The summed E-state index contributed by atoms with van der Waals surface area (Å²) in [6.07, 6.45) is 0. The number of hydrogen-bond acceptors (Lipinski definition) is 3. The predicted octanol–water partition coefficient (Wildman–Crippen LogP) is 0.198. The van der Waals surface area contributed by atoms with Crippen LogP contribution < -0.4 is 5.73 Å². The lowest BCUT2D eigenvalue weighted by molar-refractivity contribution is -0.444. The lowest BCUT2D eigenvalue weighted by atomic mass is 9.12. The van der Waals surface area contributed by atoms with Crippen molar-refractivity contribution in [3.63, 3.8) is 0 Å². The first kappa shape index (κ1) is 7.25. The van der Waals surface area contributed by atoms with Crippen LogP contribution in [0, 0.1) is 40.9 Å². The van der Waals surface area contributed by atoms with Gasteiger partial charge in [0.2, 0.25) is 0 Å². The largest absolute Gasteiger partial charge is 0.345 e. The molecule has 1 saturated heterocycles. The van der Waals surface area contributed by atoms with Gasteiger partial charge in [-0.25, -0.2) is 0 Å². The van der Waals surface area contributed by atoms with Crippen LogP contribution in [0.2, 0.25) is 0 Å². The maximum Gasteiger partial charge on any atom is 0.190 e. The molecular formula is C12H15NO2. The smallest absolute Gasteiger partial charge is 0.190 e. The summed E-state index contributed by atoms with van der Waals surface area (Å²) in [6, 6.07) is 0. The Morgan fingerprint density at radius 2 is 1.47 bits per heavy atom. The molecule has 3 nitrogen and oxygen atoms in total. The number of hydrogen-bond donors (Lipinski definition) is 1. The third-order valence-electron chi connectivity index (χ3n) is 7.34. The molecule has 80 valence electrons. The van der Waals surface area contributed by atoms with Gasteiger partial charge in [0, 0.05) is 5.92 Å². The summed E-state index contributed by atoms with van der Waals surface area (Å²) in [5.74, 6) is 4.47. The molecule has 1 aliphatic heterocycles. The van der Waals surface area contributed by atoms with Crippen LogP contribution in [-0.4, -0.2) is 24.5 Å². The molecule has 1 heterocycles. The quantitative estimate of drug-likeness (QED) is 0.614. The van der Waals surface area contributed by atoms with Crippen LogP contribution in [0.3, 0.4) is 0 Å². The fourth-order valence-electron chi connectivity index (χ4n) is 7.36. The summed E-state index contributed by atoms with van der Waals surface area (Å²) in [4.78, 5) is 0. The minimum Gasteiger partial charge on any atom is -0.345 e. The molecule has 0 aromatic carbocycles. The minimum atomic E-state index is -0.329. The predicted molar refractivity (Wildman–Crippen MR) is 50.6 cm³/mol. The molecule has 0 amide bonds. The molecule has 7 aliphatic rings. The van der Waals surface area contributed by atoms with Crippen LogP contribution in [0.4, 0.5) is 0 Å². The van der Waals surface area contributed by atoms with Gasteiger partial charge in [-0.15, -0.1) is 0 Å². The molecule has 6 saturated carbocycles. The van der Waals surface area contributed by atoms with E-state index in [1.54, 1.807) is 0 Å². The molecule has 6 aliphatic carbocycles. The highest BCUT2D eigenvalue weighted by atomic mass is 16.7. The van der Waals surface area contributed by atoms with Crippen molar-refractivity contribution in [1.29, 1.82) is 0 Å². The third kappa shape index (κ3) is 0.323. The zero-order valence-corrected chi connectivity index (χ0v) is 8.77. The Hall–Kier alpha value is -0.120. The van der Waals surface area contributed by atoms with E-state index in [4.69, 9.17) is 15.2 Å². The zero-order valence-electron chi connectivity index (χ0n) is 8.77. The average Bonchev–Trinajstić information content (AvgIpc) is 2.78. The van der Waals surface area contributed by atoms with Gasteiger partial charge in [0.05, 0.1) is 18.8 Å². The van der Waals surface area contributed by atoms with Gasteiger partial charge in [-0.1, -0.05) is 6.92 Å². The van der Waals surface area contributed by atoms with Crippen molar-refractivity contribution in [2.75, 3.05) is 13.2 Å². The molecule has 0 radical (unpaired) electrons. The average molecular weight is 205 g/mol. The van der Waals surface area contributed by atoms with Crippen molar-refractivity contribution in [3.8, 4) is 0 Å². The van der Waals surface area contributed by atoms with Gasteiger partial charge in [0.1, 0.15) is 0 Å². The molecule has 3 heteroatoms.